The zero-order valence-corrected chi connectivity index (χ0v) is 15.2. The molecule has 0 aromatic heterocycles. The topological polar surface area (TPSA) is 50.8 Å². The number of nitrogens with zero attached hydrogens (tertiary/aromatic N) is 1. The third-order valence-electron chi connectivity index (χ3n) is 6.22. The van der Waals surface area contributed by atoms with E-state index in [0.717, 1.165) is 26.1 Å². The van der Waals surface area contributed by atoms with Gasteiger partial charge in [0.05, 0.1) is 18.8 Å². The maximum Gasteiger partial charge on any atom is 0.251 e. The highest BCUT2D eigenvalue weighted by molar-refractivity contribution is 5.94. The summed E-state index contributed by atoms with van der Waals surface area (Å²) in [5.41, 5.74) is 0.711. The largest absolute Gasteiger partial charge is 0.497 e. The van der Waals surface area contributed by atoms with Gasteiger partial charge in [-0.2, -0.15) is 0 Å². The van der Waals surface area contributed by atoms with Gasteiger partial charge in [0.15, 0.2) is 0 Å². The number of ether oxygens (including phenoxy) is 2. The molecule has 1 amide bonds. The average Bonchev–Trinajstić information content (AvgIpc) is 3.28. The number of likely N-dealkylation sites (tertiary alicyclic amines) is 1. The van der Waals surface area contributed by atoms with E-state index in [9.17, 15) is 4.79 Å². The van der Waals surface area contributed by atoms with Gasteiger partial charge in [-0.05, 0) is 44.0 Å². The average molecular weight is 344 g/mol. The lowest BCUT2D eigenvalue weighted by atomic mass is 9.73. The van der Waals surface area contributed by atoms with Crippen LogP contribution in [0.1, 0.15) is 36.5 Å². The van der Waals surface area contributed by atoms with Gasteiger partial charge in [0, 0.05) is 37.0 Å². The zero-order valence-electron chi connectivity index (χ0n) is 15.2. The van der Waals surface area contributed by atoms with Gasteiger partial charge in [0.1, 0.15) is 5.75 Å². The lowest BCUT2D eigenvalue weighted by molar-refractivity contribution is 0.00279. The molecule has 4 atom stereocenters. The van der Waals surface area contributed by atoms with Crippen LogP contribution in [0, 0.1) is 11.8 Å². The molecular formula is C20H28N2O3. The molecule has 3 aliphatic heterocycles. The highest BCUT2D eigenvalue weighted by Gasteiger charge is 2.62. The van der Waals surface area contributed by atoms with Crippen molar-refractivity contribution in [2.45, 2.75) is 37.9 Å². The van der Waals surface area contributed by atoms with Crippen molar-refractivity contribution in [3.63, 3.8) is 0 Å². The van der Waals surface area contributed by atoms with Gasteiger partial charge < -0.3 is 19.7 Å². The lowest BCUT2D eigenvalue weighted by Crippen LogP contribution is -2.41. The van der Waals surface area contributed by atoms with E-state index >= 15 is 0 Å². The normalized spacial score (nSPS) is 33.4. The molecule has 5 heteroatoms. The molecule has 3 aliphatic rings. The van der Waals surface area contributed by atoms with Gasteiger partial charge in [-0.25, -0.2) is 0 Å². The summed E-state index contributed by atoms with van der Waals surface area (Å²) >= 11 is 0. The molecule has 1 spiro atoms. The van der Waals surface area contributed by atoms with E-state index in [0.29, 0.717) is 35.8 Å². The molecule has 3 heterocycles. The van der Waals surface area contributed by atoms with E-state index in [-0.39, 0.29) is 11.5 Å². The second-order valence-electron chi connectivity index (χ2n) is 7.71. The van der Waals surface area contributed by atoms with Crippen LogP contribution in [0.15, 0.2) is 24.3 Å². The number of methoxy groups -OCH3 is 1. The van der Waals surface area contributed by atoms with E-state index < -0.39 is 0 Å². The van der Waals surface area contributed by atoms with Crippen LogP contribution < -0.4 is 10.1 Å². The van der Waals surface area contributed by atoms with Crippen LogP contribution in [0.25, 0.3) is 0 Å². The first-order chi connectivity index (χ1) is 12.1. The Hall–Kier alpha value is -1.59. The van der Waals surface area contributed by atoms with Gasteiger partial charge in [0.2, 0.25) is 0 Å². The molecule has 2 bridgehead atoms. The maximum absolute atomic E-state index is 12.5. The Kier molecular flexibility index (Phi) is 4.46. The molecular weight excluding hydrogens is 316 g/mol. The molecule has 25 heavy (non-hydrogen) atoms. The molecule has 1 aromatic rings. The van der Waals surface area contributed by atoms with Crippen LogP contribution in [0.4, 0.5) is 0 Å². The van der Waals surface area contributed by atoms with Crippen molar-refractivity contribution >= 4 is 5.91 Å². The first-order valence-electron chi connectivity index (χ1n) is 9.47. The summed E-state index contributed by atoms with van der Waals surface area (Å²) in [7, 11) is 1.62. The lowest BCUT2D eigenvalue weighted by Gasteiger charge is -2.29. The van der Waals surface area contributed by atoms with Crippen LogP contribution in [-0.2, 0) is 4.74 Å². The predicted molar refractivity (Wildman–Crippen MR) is 95.9 cm³/mol. The molecule has 5 nitrogen and oxygen atoms in total. The number of carbonyl (C=O) groups is 1. The molecule has 0 unspecified atom stereocenters. The molecule has 0 aliphatic carbocycles. The molecule has 4 rings (SSSR count). The highest BCUT2D eigenvalue weighted by atomic mass is 16.5. The standard InChI is InChI=1S/C20H28N2O3/c1-3-9-22-12-17-16(18-7-8-20(17,13-22)25-18)11-21-19(23)14-5-4-6-15(10-14)24-2/h4-6,10,16-18H,3,7-9,11-13H2,1-2H3,(H,21,23)/t16-,17+,18+,20+/m0/s1. The Morgan fingerprint density at radius 2 is 2.36 bits per heavy atom. The van der Waals surface area contributed by atoms with Crippen LogP contribution >= 0.6 is 0 Å². The summed E-state index contributed by atoms with van der Waals surface area (Å²) in [5, 5.41) is 3.14. The third-order valence-corrected chi connectivity index (χ3v) is 6.22. The number of nitrogens with one attached hydrogen (secondary N) is 1. The number of carbonyl (C=O) groups excluding carboxylic acids is 1. The Bertz CT molecular complexity index is 650. The number of rotatable bonds is 6. The number of benzene rings is 1. The van der Waals surface area contributed by atoms with Gasteiger partial charge in [0.25, 0.3) is 5.91 Å². The molecule has 3 fully saturated rings. The Morgan fingerprint density at radius 3 is 3.16 bits per heavy atom. The van der Waals surface area contributed by atoms with Crippen LogP contribution in [0.2, 0.25) is 0 Å². The van der Waals surface area contributed by atoms with Crippen molar-refractivity contribution in [2.24, 2.45) is 11.8 Å². The summed E-state index contributed by atoms with van der Waals surface area (Å²) in [6.45, 7) is 6.27. The van der Waals surface area contributed by atoms with Crippen molar-refractivity contribution in [3.8, 4) is 5.75 Å². The first-order valence-corrected chi connectivity index (χ1v) is 9.47. The van der Waals surface area contributed by atoms with Gasteiger partial charge >= 0.3 is 0 Å². The van der Waals surface area contributed by atoms with Crippen LogP contribution in [0.3, 0.4) is 0 Å². The minimum atomic E-state index is -0.0286. The summed E-state index contributed by atoms with van der Waals surface area (Å²) in [4.78, 5) is 15.1. The van der Waals surface area contributed by atoms with Gasteiger partial charge in [-0.15, -0.1) is 0 Å². The second-order valence-corrected chi connectivity index (χ2v) is 7.71. The monoisotopic (exact) mass is 344 g/mol. The summed E-state index contributed by atoms with van der Waals surface area (Å²) in [6.07, 6.45) is 3.82. The quantitative estimate of drug-likeness (QED) is 0.860. The summed E-state index contributed by atoms with van der Waals surface area (Å²) in [5.74, 6) is 1.67. The minimum absolute atomic E-state index is 0.0286. The van der Waals surface area contributed by atoms with Crippen LogP contribution in [0.5, 0.6) is 5.75 Å². The summed E-state index contributed by atoms with van der Waals surface area (Å²) in [6, 6.07) is 7.32. The predicted octanol–water partition coefficient (Wildman–Crippen LogP) is 2.31. The fraction of sp³-hybridized carbons (Fsp3) is 0.650. The number of amides is 1. The maximum atomic E-state index is 12.5. The van der Waals surface area contributed by atoms with Crippen molar-refractivity contribution < 1.29 is 14.3 Å². The SMILES string of the molecule is CCCN1C[C@@H]2[C@H](CNC(=O)c3cccc(OC)c3)[C@H]3CC[C@]2(C1)O3. The molecule has 1 aromatic carbocycles. The van der Waals surface area contributed by atoms with E-state index in [4.69, 9.17) is 9.47 Å². The minimum Gasteiger partial charge on any atom is -0.497 e. The Balaban J connectivity index is 1.40. The van der Waals surface area contributed by atoms with Crippen LogP contribution in [-0.4, -0.2) is 55.8 Å². The first kappa shape index (κ1) is 16.9. The fourth-order valence-electron chi connectivity index (χ4n) is 5.12. The van der Waals surface area contributed by atoms with Crippen molar-refractivity contribution in [1.29, 1.82) is 0 Å². The summed E-state index contributed by atoms with van der Waals surface area (Å²) < 4.78 is 11.6. The van der Waals surface area contributed by atoms with Gasteiger partial charge in [-0.1, -0.05) is 13.0 Å². The second kappa shape index (κ2) is 6.61. The smallest absolute Gasteiger partial charge is 0.251 e. The van der Waals surface area contributed by atoms with Crippen molar-refractivity contribution in [3.05, 3.63) is 29.8 Å². The number of hydrogen-bond donors (Lipinski definition) is 1. The molecule has 0 radical (unpaired) electrons. The molecule has 0 saturated carbocycles. The molecule has 136 valence electrons. The van der Waals surface area contributed by atoms with Crippen molar-refractivity contribution in [1.82, 2.24) is 10.2 Å². The Labute approximate surface area is 149 Å². The van der Waals surface area contributed by atoms with E-state index in [1.807, 2.05) is 18.2 Å². The highest BCUT2D eigenvalue weighted by Crippen LogP contribution is 2.54. The Morgan fingerprint density at radius 1 is 1.48 bits per heavy atom. The van der Waals surface area contributed by atoms with Crippen molar-refractivity contribution in [2.75, 3.05) is 33.3 Å². The number of hydrogen-bond acceptors (Lipinski definition) is 4. The van der Waals surface area contributed by atoms with E-state index in [2.05, 4.69) is 17.1 Å². The molecule has 1 N–H and O–H groups in total. The fourth-order valence-corrected chi connectivity index (χ4v) is 5.12. The van der Waals surface area contributed by atoms with Gasteiger partial charge in [-0.3, -0.25) is 4.79 Å². The van der Waals surface area contributed by atoms with E-state index in [1.165, 1.54) is 12.8 Å². The zero-order chi connectivity index (χ0) is 17.4. The number of fused-ring (bicyclic) bond motifs is 1. The molecule has 3 saturated heterocycles. The third kappa shape index (κ3) is 2.93. The van der Waals surface area contributed by atoms with E-state index in [1.54, 1.807) is 13.2 Å².